The average molecular weight is 634 g/mol. The summed E-state index contributed by atoms with van der Waals surface area (Å²) in [6, 6.07) is 13.6. The van der Waals surface area contributed by atoms with Crippen LogP contribution in [-0.2, 0) is 26.5 Å². The van der Waals surface area contributed by atoms with Crippen molar-refractivity contribution in [2.75, 3.05) is 76.7 Å². The summed E-state index contributed by atoms with van der Waals surface area (Å²) in [7, 11) is -3.82. The molecule has 2 aliphatic heterocycles. The summed E-state index contributed by atoms with van der Waals surface area (Å²) < 4.78 is 59.9. The standard InChI is InChI=1S/C32H51N5O4S2/c1-4-35(25-24-34(2)3)30-26-29(33-19-11-10-18-28-16-8-5-9-17-28)31(42(38,39)36-20-12-6-13-21-36)27-32(30)43(40,41)37-22-14-7-15-23-37/h5,8-9,16-17,26-27,33H,4,6-7,10-15,18-25H2,1-3H3. The third-order valence-corrected chi connectivity index (χ3v) is 12.4. The normalized spacial score (nSPS) is 17.3. The highest BCUT2D eigenvalue weighted by Gasteiger charge is 2.35. The number of hydrogen-bond donors (Lipinski definition) is 1. The predicted molar refractivity (Wildman–Crippen MR) is 176 cm³/mol. The Bertz CT molecular complexity index is 1370. The zero-order valence-corrected chi connectivity index (χ0v) is 27.9. The van der Waals surface area contributed by atoms with E-state index in [1.165, 1.54) is 15.9 Å². The van der Waals surface area contributed by atoms with Gasteiger partial charge in [-0.1, -0.05) is 43.2 Å². The summed E-state index contributed by atoms with van der Waals surface area (Å²) >= 11 is 0. The van der Waals surface area contributed by atoms with E-state index in [0.717, 1.165) is 64.3 Å². The van der Waals surface area contributed by atoms with Gasteiger partial charge >= 0.3 is 0 Å². The first kappa shape index (κ1) is 33.7. The zero-order valence-electron chi connectivity index (χ0n) is 26.3. The van der Waals surface area contributed by atoms with Gasteiger partial charge in [-0.05, 0) is 83.7 Å². The Morgan fingerprint density at radius 2 is 1.33 bits per heavy atom. The van der Waals surface area contributed by atoms with Gasteiger partial charge in [-0.2, -0.15) is 8.61 Å². The van der Waals surface area contributed by atoms with Crippen molar-refractivity contribution in [3.05, 3.63) is 48.0 Å². The highest BCUT2D eigenvalue weighted by atomic mass is 32.2. The summed E-state index contributed by atoms with van der Waals surface area (Å²) in [5, 5.41) is 3.44. The van der Waals surface area contributed by atoms with Crippen LogP contribution in [0.25, 0.3) is 0 Å². The first-order valence-electron chi connectivity index (χ1n) is 16.0. The van der Waals surface area contributed by atoms with Crippen LogP contribution < -0.4 is 10.2 Å². The smallest absolute Gasteiger partial charge is 0.245 e. The summed E-state index contributed by atoms with van der Waals surface area (Å²) in [5.74, 6) is 0. The van der Waals surface area contributed by atoms with E-state index in [0.29, 0.717) is 57.2 Å². The van der Waals surface area contributed by atoms with Crippen LogP contribution >= 0.6 is 0 Å². The molecule has 2 aliphatic rings. The molecule has 2 saturated heterocycles. The maximum atomic E-state index is 14.2. The number of benzene rings is 2. The van der Waals surface area contributed by atoms with Gasteiger partial charge in [0.15, 0.2) is 0 Å². The molecule has 0 aliphatic carbocycles. The van der Waals surface area contributed by atoms with E-state index in [1.54, 1.807) is 10.4 Å². The van der Waals surface area contributed by atoms with Crippen LogP contribution in [0.3, 0.4) is 0 Å². The molecule has 11 heteroatoms. The molecule has 0 amide bonds. The van der Waals surface area contributed by atoms with E-state index in [9.17, 15) is 16.8 Å². The fraction of sp³-hybridized carbons (Fsp3) is 0.625. The van der Waals surface area contributed by atoms with Crippen molar-refractivity contribution in [1.82, 2.24) is 13.5 Å². The lowest BCUT2D eigenvalue weighted by molar-refractivity contribution is 0.345. The predicted octanol–water partition coefficient (Wildman–Crippen LogP) is 4.86. The molecule has 2 fully saturated rings. The minimum absolute atomic E-state index is 0.0699. The van der Waals surface area contributed by atoms with Crippen LogP contribution in [0.5, 0.6) is 0 Å². The minimum Gasteiger partial charge on any atom is -0.384 e. The second-order valence-corrected chi connectivity index (χ2v) is 15.8. The molecular weight excluding hydrogens is 583 g/mol. The number of nitrogens with one attached hydrogen (secondary N) is 1. The SMILES string of the molecule is CCN(CCN(C)C)c1cc(NCCCCc2ccccc2)c(S(=O)(=O)N2CCCCC2)cc1S(=O)(=O)N1CCCCC1. The number of hydrogen-bond acceptors (Lipinski definition) is 7. The Labute approximate surface area is 260 Å². The summed E-state index contributed by atoms with van der Waals surface area (Å²) in [6.07, 6.45) is 8.03. The lowest BCUT2D eigenvalue weighted by Gasteiger charge is -2.32. The van der Waals surface area contributed by atoms with Crippen molar-refractivity contribution < 1.29 is 16.8 Å². The third kappa shape index (κ3) is 8.72. The topological polar surface area (TPSA) is 93.3 Å². The van der Waals surface area contributed by atoms with Crippen LogP contribution in [0.2, 0.25) is 0 Å². The van der Waals surface area contributed by atoms with Gasteiger partial charge < -0.3 is 15.1 Å². The Kier molecular flexibility index (Phi) is 12.3. The number of rotatable bonds is 15. The van der Waals surface area contributed by atoms with Gasteiger partial charge in [-0.25, -0.2) is 16.8 Å². The highest BCUT2D eigenvalue weighted by molar-refractivity contribution is 7.90. The number of piperidine rings is 2. The van der Waals surface area contributed by atoms with Crippen molar-refractivity contribution in [3.63, 3.8) is 0 Å². The molecule has 0 unspecified atom stereocenters. The van der Waals surface area contributed by atoms with Gasteiger partial charge in [0.2, 0.25) is 20.0 Å². The number of sulfonamides is 2. The molecule has 0 bridgehead atoms. The third-order valence-electron chi connectivity index (χ3n) is 8.52. The monoisotopic (exact) mass is 633 g/mol. The number of likely N-dealkylation sites (N-methyl/N-ethyl adjacent to an activating group) is 2. The lowest BCUT2D eigenvalue weighted by Crippen LogP contribution is -2.39. The maximum Gasteiger partial charge on any atom is 0.245 e. The van der Waals surface area contributed by atoms with Gasteiger partial charge in [-0.15, -0.1) is 0 Å². The molecule has 1 N–H and O–H groups in total. The first-order chi connectivity index (χ1) is 20.6. The van der Waals surface area contributed by atoms with E-state index in [-0.39, 0.29) is 9.79 Å². The molecule has 0 saturated carbocycles. The Hall–Kier alpha value is -2.18. The minimum atomic E-state index is -3.91. The van der Waals surface area contributed by atoms with Crippen LogP contribution in [0.4, 0.5) is 11.4 Å². The molecule has 43 heavy (non-hydrogen) atoms. The second-order valence-electron chi connectivity index (χ2n) is 12.0. The van der Waals surface area contributed by atoms with E-state index in [2.05, 4.69) is 27.2 Å². The lowest BCUT2D eigenvalue weighted by atomic mass is 10.1. The van der Waals surface area contributed by atoms with E-state index < -0.39 is 20.0 Å². The number of anilines is 2. The molecule has 0 atom stereocenters. The van der Waals surface area contributed by atoms with Crippen molar-refractivity contribution in [2.24, 2.45) is 0 Å². The number of nitrogens with zero attached hydrogens (tertiary/aromatic N) is 4. The fourth-order valence-corrected chi connectivity index (χ4v) is 9.44. The number of unbranched alkanes of at least 4 members (excludes halogenated alkanes) is 1. The number of aryl methyl sites for hydroxylation is 1. The summed E-state index contributed by atoms with van der Waals surface area (Å²) in [5.41, 5.74) is 2.34. The van der Waals surface area contributed by atoms with Gasteiger partial charge in [0.25, 0.3) is 0 Å². The van der Waals surface area contributed by atoms with E-state index in [1.807, 2.05) is 39.2 Å². The molecule has 9 nitrogen and oxygen atoms in total. The molecule has 2 heterocycles. The molecule has 0 radical (unpaired) electrons. The first-order valence-corrected chi connectivity index (χ1v) is 18.9. The Morgan fingerprint density at radius 1 is 0.744 bits per heavy atom. The van der Waals surface area contributed by atoms with Gasteiger partial charge in [0.05, 0.1) is 11.4 Å². The fourth-order valence-electron chi connectivity index (χ4n) is 5.94. The maximum absolute atomic E-state index is 14.2. The Morgan fingerprint density at radius 3 is 1.88 bits per heavy atom. The van der Waals surface area contributed by atoms with Crippen LogP contribution in [0, 0.1) is 0 Å². The molecule has 240 valence electrons. The van der Waals surface area contributed by atoms with Gasteiger partial charge in [0.1, 0.15) is 9.79 Å². The van der Waals surface area contributed by atoms with Crippen molar-refractivity contribution in [3.8, 4) is 0 Å². The van der Waals surface area contributed by atoms with Crippen molar-refractivity contribution in [1.29, 1.82) is 0 Å². The second kappa shape index (κ2) is 15.7. The quantitative estimate of drug-likeness (QED) is 0.280. The molecule has 4 rings (SSSR count). The molecule has 0 aromatic heterocycles. The molecule has 2 aromatic rings. The van der Waals surface area contributed by atoms with E-state index in [4.69, 9.17) is 0 Å². The van der Waals surface area contributed by atoms with Crippen molar-refractivity contribution >= 4 is 31.4 Å². The van der Waals surface area contributed by atoms with Crippen LogP contribution in [-0.4, -0.2) is 96.8 Å². The van der Waals surface area contributed by atoms with Crippen LogP contribution in [0.15, 0.2) is 52.3 Å². The average Bonchev–Trinajstić information content (AvgIpc) is 3.02. The Balaban J connectivity index is 1.74. The largest absolute Gasteiger partial charge is 0.384 e. The van der Waals surface area contributed by atoms with Crippen molar-refractivity contribution in [2.45, 2.75) is 74.5 Å². The van der Waals surface area contributed by atoms with E-state index >= 15 is 0 Å². The zero-order chi connectivity index (χ0) is 30.9. The summed E-state index contributed by atoms with van der Waals surface area (Å²) in [4.78, 5) is 4.30. The highest BCUT2D eigenvalue weighted by Crippen LogP contribution is 2.38. The molecule has 2 aromatic carbocycles. The molecular formula is C32H51N5O4S2. The van der Waals surface area contributed by atoms with Gasteiger partial charge in [0, 0.05) is 52.4 Å². The van der Waals surface area contributed by atoms with Crippen LogP contribution in [0.1, 0.15) is 63.9 Å². The molecule has 0 spiro atoms. The summed E-state index contributed by atoms with van der Waals surface area (Å²) in [6.45, 7) is 6.41. The van der Waals surface area contributed by atoms with Gasteiger partial charge in [-0.3, -0.25) is 0 Å².